The summed E-state index contributed by atoms with van der Waals surface area (Å²) in [6.07, 6.45) is -0.667. The van der Waals surface area contributed by atoms with Crippen molar-refractivity contribution in [1.29, 1.82) is 0 Å². The summed E-state index contributed by atoms with van der Waals surface area (Å²) < 4.78 is 5.25. The van der Waals surface area contributed by atoms with Crippen LogP contribution in [0, 0.1) is 0 Å². The van der Waals surface area contributed by atoms with Gasteiger partial charge in [-0.05, 0) is 48.5 Å². The van der Waals surface area contributed by atoms with Crippen LogP contribution in [0.3, 0.4) is 0 Å². The molecule has 0 aromatic carbocycles. The molecule has 11 heteroatoms. The maximum absolute atomic E-state index is 9.83. The summed E-state index contributed by atoms with van der Waals surface area (Å²) >= 11 is 0. The Balaban J connectivity index is -0.0000000873. The van der Waals surface area contributed by atoms with Crippen LogP contribution in [0.25, 0.3) is 0 Å². The largest absolute Gasteiger partial charge is 3.00 e. The molecule has 0 aromatic heterocycles. The van der Waals surface area contributed by atoms with E-state index in [1.54, 1.807) is 0 Å². The van der Waals surface area contributed by atoms with E-state index >= 15 is 0 Å². The molecule has 0 saturated heterocycles. The summed E-state index contributed by atoms with van der Waals surface area (Å²) in [4.78, 5) is 57.9. The van der Waals surface area contributed by atoms with Crippen LogP contribution in [-0.2, 0) is 33.5 Å². The zero-order valence-electron chi connectivity index (χ0n) is 17.9. The second kappa shape index (κ2) is 24.0. The Labute approximate surface area is 181 Å². The Bertz CT molecular complexity index is 409. The van der Waals surface area contributed by atoms with Gasteiger partial charge in [-0.25, -0.2) is 0 Å². The van der Waals surface area contributed by atoms with Gasteiger partial charge in [0.25, 0.3) is 0 Å². The Morgan fingerprint density at radius 3 is 0.759 bits per heavy atom. The van der Waals surface area contributed by atoms with E-state index in [-0.39, 0.29) is 34.7 Å². The molecule has 0 saturated carbocycles. The minimum absolute atomic E-state index is 0. The van der Waals surface area contributed by atoms with E-state index in [1.165, 1.54) is 20.8 Å². The van der Waals surface area contributed by atoms with Crippen LogP contribution < -0.4 is 15.3 Å². The van der Waals surface area contributed by atoms with Crippen molar-refractivity contribution < 1.29 is 48.8 Å². The number of carboxylic acids is 3. The van der Waals surface area contributed by atoms with Gasteiger partial charge >= 0.3 is 17.4 Å². The molecule has 0 aliphatic carbocycles. The number of rotatable bonds is 8. The summed E-state index contributed by atoms with van der Waals surface area (Å²) in [6.45, 7) is 11.8. The SMILES string of the molecule is CC(=O)CC(=O)[O-].CC(=O)CC(=O)[O-].CC(=O)CC(=O)[O-].CC(C)OC(C)C.[Al+3]. The Kier molecular flexibility index (Phi) is 31.1. The fraction of sp³-hybridized carbons (Fsp3) is 0.667. The molecule has 10 nitrogen and oxygen atoms in total. The summed E-state index contributed by atoms with van der Waals surface area (Å²) in [7, 11) is 0. The number of carbonyl (C=O) groups is 6. The van der Waals surface area contributed by atoms with Gasteiger partial charge in [-0.2, -0.15) is 0 Å². The summed E-state index contributed by atoms with van der Waals surface area (Å²) in [5, 5.41) is 28.4. The van der Waals surface area contributed by atoms with Crippen LogP contribution in [0.2, 0.25) is 0 Å². The third kappa shape index (κ3) is 76.6. The van der Waals surface area contributed by atoms with Gasteiger partial charge in [0, 0.05) is 37.2 Å². The quantitative estimate of drug-likeness (QED) is 0.296. The van der Waals surface area contributed by atoms with Gasteiger partial charge in [0.2, 0.25) is 0 Å². The van der Waals surface area contributed by atoms with Crippen LogP contribution in [0.15, 0.2) is 0 Å². The van der Waals surface area contributed by atoms with Crippen molar-refractivity contribution in [2.45, 2.75) is 79.9 Å². The predicted molar refractivity (Wildman–Crippen MR) is 98.0 cm³/mol. The first-order valence-corrected chi connectivity index (χ1v) is 8.24. The van der Waals surface area contributed by atoms with Crippen LogP contribution in [0.5, 0.6) is 0 Å². The Morgan fingerprint density at radius 2 is 0.759 bits per heavy atom. The summed E-state index contributed by atoms with van der Waals surface area (Å²) in [5.74, 6) is -5.06. The maximum atomic E-state index is 9.83. The minimum atomic E-state index is -1.31. The minimum Gasteiger partial charge on any atom is -0.550 e. The van der Waals surface area contributed by atoms with Gasteiger partial charge in [0.1, 0.15) is 17.3 Å². The van der Waals surface area contributed by atoms with Crippen molar-refractivity contribution in [2.75, 3.05) is 0 Å². The third-order valence-electron chi connectivity index (χ3n) is 1.72. The monoisotopic (exact) mass is 432 g/mol. The number of carbonyl (C=O) groups excluding carboxylic acids is 6. The fourth-order valence-corrected chi connectivity index (χ4v) is 1.15. The number of hydrogen-bond donors (Lipinski definition) is 0. The number of ketones is 3. The first kappa shape index (κ1) is 37.6. The van der Waals surface area contributed by atoms with Gasteiger partial charge in [0.15, 0.2) is 0 Å². The molecule has 29 heavy (non-hydrogen) atoms. The van der Waals surface area contributed by atoms with Crippen molar-refractivity contribution in [1.82, 2.24) is 0 Å². The first-order chi connectivity index (χ1) is 12.5. The zero-order chi connectivity index (χ0) is 23.4. The molecule has 0 atom stereocenters. The molecule has 0 fully saturated rings. The number of hydrogen-bond acceptors (Lipinski definition) is 10. The van der Waals surface area contributed by atoms with E-state index < -0.39 is 37.2 Å². The van der Waals surface area contributed by atoms with Crippen molar-refractivity contribution in [3.63, 3.8) is 0 Å². The standard InChI is InChI=1S/C6H14O.3C4H6O3.Al/c1-5(2)7-6(3)4;3*1-3(5)2-4(6)7;/h5-6H,1-4H3;3*2H2,1H3,(H,6,7);/q;;;;+3/p-3. The van der Waals surface area contributed by atoms with Gasteiger partial charge in [-0.3, -0.25) is 14.4 Å². The Morgan fingerprint density at radius 1 is 0.586 bits per heavy atom. The van der Waals surface area contributed by atoms with Crippen LogP contribution in [-0.4, -0.2) is 64.8 Å². The van der Waals surface area contributed by atoms with Crippen molar-refractivity contribution >= 4 is 52.6 Å². The molecule has 0 aliphatic rings. The number of Topliss-reactive ketones (excluding diaryl/α,β-unsaturated/α-hetero) is 3. The number of ether oxygens (including phenoxy) is 1. The normalized spacial score (nSPS) is 8.59. The molecule has 0 heterocycles. The van der Waals surface area contributed by atoms with E-state index in [0.29, 0.717) is 12.2 Å². The molecule has 0 unspecified atom stereocenters. The summed E-state index contributed by atoms with van der Waals surface area (Å²) in [5.41, 5.74) is 0. The van der Waals surface area contributed by atoms with E-state index in [4.69, 9.17) is 4.74 Å². The first-order valence-electron chi connectivity index (χ1n) is 8.24. The third-order valence-corrected chi connectivity index (χ3v) is 1.72. The van der Waals surface area contributed by atoms with Crippen LogP contribution in [0.4, 0.5) is 0 Å². The second-order valence-corrected chi connectivity index (χ2v) is 5.99. The second-order valence-electron chi connectivity index (χ2n) is 5.99. The van der Waals surface area contributed by atoms with E-state index in [0.717, 1.165) is 0 Å². The molecule has 0 aromatic rings. The molecular formula is C18H29AlO10. The average Bonchev–Trinajstić information content (AvgIpc) is 2.32. The molecule has 0 bridgehead atoms. The molecule has 0 radical (unpaired) electrons. The van der Waals surface area contributed by atoms with Crippen molar-refractivity contribution in [3.8, 4) is 0 Å². The zero-order valence-corrected chi connectivity index (χ0v) is 19.1. The molecule has 0 N–H and O–H groups in total. The van der Waals surface area contributed by atoms with E-state index in [2.05, 4.69) is 0 Å². The topological polar surface area (TPSA) is 181 Å². The van der Waals surface area contributed by atoms with Gasteiger partial charge in [-0.1, -0.05) is 0 Å². The maximum Gasteiger partial charge on any atom is 3.00 e. The van der Waals surface area contributed by atoms with Crippen molar-refractivity contribution in [3.05, 3.63) is 0 Å². The average molecular weight is 432 g/mol. The van der Waals surface area contributed by atoms with E-state index in [1.807, 2.05) is 27.7 Å². The van der Waals surface area contributed by atoms with E-state index in [9.17, 15) is 44.1 Å². The predicted octanol–water partition coefficient (Wildman–Crippen LogP) is -2.41. The number of aliphatic carboxylic acids is 3. The molecule has 0 aliphatic heterocycles. The van der Waals surface area contributed by atoms with Gasteiger partial charge in [-0.15, -0.1) is 0 Å². The molecule has 0 amide bonds. The summed E-state index contributed by atoms with van der Waals surface area (Å²) in [6, 6.07) is 0. The molecule has 0 rings (SSSR count). The van der Waals surface area contributed by atoms with Crippen LogP contribution >= 0.6 is 0 Å². The van der Waals surface area contributed by atoms with Crippen LogP contribution in [0.1, 0.15) is 67.7 Å². The van der Waals surface area contributed by atoms with Gasteiger partial charge < -0.3 is 34.4 Å². The van der Waals surface area contributed by atoms with Gasteiger partial charge in [0.05, 0.1) is 12.2 Å². The number of carboxylic acid groups (broad SMARTS) is 3. The smallest absolute Gasteiger partial charge is 0.550 e. The molecular weight excluding hydrogens is 403 g/mol. The molecule has 0 spiro atoms. The molecule has 164 valence electrons. The van der Waals surface area contributed by atoms with Crippen molar-refractivity contribution in [2.24, 2.45) is 0 Å². The fourth-order valence-electron chi connectivity index (χ4n) is 1.15. The Hall–Kier alpha value is -2.09.